The summed E-state index contributed by atoms with van der Waals surface area (Å²) in [5, 5.41) is 0. The molecule has 0 N–H and O–H groups in total. The van der Waals surface area contributed by atoms with Crippen molar-refractivity contribution in [3.63, 3.8) is 0 Å². The zero-order valence-corrected chi connectivity index (χ0v) is 11.4. The Labute approximate surface area is 114 Å². The molecule has 0 aromatic heterocycles. The molecule has 0 aliphatic rings. The number of hydrogen-bond donors (Lipinski definition) is 0. The number of benzene rings is 2. The third-order valence-electron chi connectivity index (χ3n) is 2.46. The lowest BCUT2D eigenvalue weighted by atomic mass is 10.2. The van der Waals surface area contributed by atoms with Gasteiger partial charge in [0.15, 0.2) is 0 Å². The fraction of sp³-hybridized carbons (Fsp3) is 0.0714. The van der Waals surface area contributed by atoms with Crippen LogP contribution in [0.5, 0.6) is 0 Å². The normalized spacial score (nSPS) is 9.94. The standard InChI is InChI=1S/C14H12INO/c15-13-7-4-8-14(9-13)16(11-17)10-12-5-2-1-3-6-12/h1-9,11H,10H2. The van der Waals surface area contributed by atoms with E-state index in [1.54, 1.807) is 4.90 Å². The molecular formula is C14H12INO. The van der Waals surface area contributed by atoms with Gasteiger partial charge in [0.2, 0.25) is 6.41 Å². The number of anilines is 1. The van der Waals surface area contributed by atoms with Crippen molar-refractivity contribution >= 4 is 34.7 Å². The van der Waals surface area contributed by atoms with Gasteiger partial charge in [-0.05, 0) is 46.4 Å². The highest BCUT2D eigenvalue weighted by Gasteiger charge is 2.05. The second-order valence-electron chi connectivity index (χ2n) is 3.70. The summed E-state index contributed by atoms with van der Waals surface area (Å²) in [6.45, 7) is 0.602. The first-order chi connectivity index (χ1) is 8.29. The number of carbonyl (C=O) groups is 1. The highest BCUT2D eigenvalue weighted by atomic mass is 127. The van der Waals surface area contributed by atoms with Crippen LogP contribution in [-0.2, 0) is 11.3 Å². The van der Waals surface area contributed by atoms with Crippen LogP contribution >= 0.6 is 22.6 Å². The van der Waals surface area contributed by atoms with Crippen molar-refractivity contribution in [1.82, 2.24) is 0 Å². The van der Waals surface area contributed by atoms with E-state index >= 15 is 0 Å². The maximum Gasteiger partial charge on any atom is 0.214 e. The summed E-state index contributed by atoms with van der Waals surface area (Å²) >= 11 is 2.24. The largest absolute Gasteiger partial charge is 0.311 e. The number of carbonyl (C=O) groups excluding carboxylic acids is 1. The maximum absolute atomic E-state index is 11.1. The lowest BCUT2D eigenvalue weighted by molar-refractivity contribution is -0.107. The van der Waals surface area contributed by atoms with Gasteiger partial charge < -0.3 is 4.90 Å². The molecule has 0 radical (unpaired) electrons. The molecule has 0 aliphatic heterocycles. The first-order valence-electron chi connectivity index (χ1n) is 5.31. The summed E-state index contributed by atoms with van der Waals surface area (Å²) in [5.41, 5.74) is 2.05. The van der Waals surface area contributed by atoms with Crippen molar-refractivity contribution in [1.29, 1.82) is 0 Å². The molecular weight excluding hydrogens is 325 g/mol. The molecule has 0 aliphatic carbocycles. The van der Waals surface area contributed by atoms with Gasteiger partial charge in [-0.15, -0.1) is 0 Å². The van der Waals surface area contributed by atoms with E-state index in [4.69, 9.17) is 0 Å². The predicted molar refractivity (Wildman–Crippen MR) is 77.8 cm³/mol. The average Bonchev–Trinajstić information content (AvgIpc) is 2.37. The molecule has 0 saturated carbocycles. The Balaban J connectivity index is 2.20. The molecule has 0 saturated heterocycles. The Morgan fingerprint density at radius 1 is 1.06 bits per heavy atom. The third kappa shape index (κ3) is 3.30. The number of hydrogen-bond acceptors (Lipinski definition) is 1. The van der Waals surface area contributed by atoms with E-state index in [2.05, 4.69) is 22.6 Å². The SMILES string of the molecule is O=CN(Cc1ccccc1)c1cccc(I)c1. The Morgan fingerprint density at radius 3 is 2.47 bits per heavy atom. The third-order valence-corrected chi connectivity index (χ3v) is 3.13. The van der Waals surface area contributed by atoms with Crippen LogP contribution in [0.15, 0.2) is 54.6 Å². The van der Waals surface area contributed by atoms with Crippen molar-refractivity contribution in [3.05, 3.63) is 63.7 Å². The number of rotatable bonds is 4. The molecule has 1 amide bonds. The highest BCUT2D eigenvalue weighted by Crippen LogP contribution is 2.18. The molecule has 2 aromatic carbocycles. The van der Waals surface area contributed by atoms with Crippen LogP contribution in [0.1, 0.15) is 5.56 Å². The first kappa shape index (κ1) is 12.1. The van der Waals surface area contributed by atoms with E-state index < -0.39 is 0 Å². The van der Waals surface area contributed by atoms with Crippen LogP contribution in [0.2, 0.25) is 0 Å². The number of halogens is 1. The minimum Gasteiger partial charge on any atom is -0.311 e. The lowest BCUT2D eigenvalue weighted by Gasteiger charge is -2.17. The van der Waals surface area contributed by atoms with E-state index in [1.807, 2.05) is 54.6 Å². The summed E-state index contributed by atoms with van der Waals surface area (Å²) in [6.07, 6.45) is 0.873. The minimum absolute atomic E-state index is 0.602. The van der Waals surface area contributed by atoms with Gasteiger partial charge in [0.1, 0.15) is 0 Å². The van der Waals surface area contributed by atoms with Gasteiger partial charge in [0.25, 0.3) is 0 Å². The molecule has 2 rings (SSSR count). The van der Waals surface area contributed by atoms with Gasteiger partial charge in [0.05, 0.1) is 6.54 Å². The van der Waals surface area contributed by atoms with Crippen molar-refractivity contribution in [2.45, 2.75) is 6.54 Å². The molecule has 17 heavy (non-hydrogen) atoms. The molecule has 86 valence electrons. The van der Waals surface area contributed by atoms with Gasteiger partial charge in [-0.1, -0.05) is 36.4 Å². The number of nitrogens with zero attached hydrogens (tertiary/aromatic N) is 1. The van der Waals surface area contributed by atoms with Crippen LogP contribution < -0.4 is 4.90 Å². The monoisotopic (exact) mass is 337 g/mol. The molecule has 0 bridgehead atoms. The molecule has 0 atom stereocenters. The maximum atomic E-state index is 11.1. The molecule has 0 fully saturated rings. The number of amides is 1. The molecule has 2 aromatic rings. The second-order valence-corrected chi connectivity index (χ2v) is 4.94. The van der Waals surface area contributed by atoms with Crippen LogP contribution in [-0.4, -0.2) is 6.41 Å². The van der Waals surface area contributed by atoms with E-state index in [9.17, 15) is 4.79 Å². The lowest BCUT2D eigenvalue weighted by Crippen LogP contribution is -2.20. The van der Waals surface area contributed by atoms with Gasteiger partial charge in [-0.2, -0.15) is 0 Å². The fourth-order valence-corrected chi connectivity index (χ4v) is 2.15. The van der Waals surface area contributed by atoms with Crippen molar-refractivity contribution in [2.75, 3.05) is 4.90 Å². The zero-order chi connectivity index (χ0) is 12.1. The van der Waals surface area contributed by atoms with Gasteiger partial charge in [-0.25, -0.2) is 0 Å². The topological polar surface area (TPSA) is 20.3 Å². The molecule has 2 nitrogen and oxygen atoms in total. The van der Waals surface area contributed by atoms with Crippen LogP contribution in [0.3, 0.4) is 0 Å². The zero-order valence-electron chi connectivity index (χ0n) is 9.21. The van der Waals surface area contributed by atoms with E-state index in [-0.39, 0.29) is 0 Å². The van der Waals surface area contributed by atoms with Crippen LogP contribution in [0.4, 0.5) is 5.69 Å². The summed E-state index contributed by atoms with van der Waals surface area (Å²) in [5.74, 6) is 0. The molecule has 0 heterocycles. The predicted octanol–water partition coefficient (Wildman–Crippen LogP) is 3.45. The summed E-state index contributed by atoms with van der Waals surface area (Å²) in [7, 11) is 0. The van der Waals surface area contributed by atoms with E-state index in [0.717, 1.165) is 21.2 Å². The van der Waals surface area contributed by atoms with Crippen LogP contribution in [0.25, 0.3) is 0 Å². The van der Waals surface area contributed by atoms with Gasteiger partial charge in [-0.3, -0.25) is 4.79 Å². The minimum atomic E-state index is 0.602. The first-order valence-corrected chi connectivity index (χ1v) is 6.39. The van der Waals surface area contributed by atoms with Gasteiger partial charge in [0, 0.05) is 9.26 Å². The Kier molecular flexibility index (Phi) is 4.14. The van der Waals surface area contributed by atoms with Crippen molar-refractivity contribution in [2.24, 2.45) is 0 Å². The Bertz CT molecular complexity index is 499. The van der Waals surface area contributed by atoms with E-state index in [1.165, 1.54) is 0 Å². The molecule has 0 spiro atoms. The second kappa shape index (κ2) is 5.82. The quantitative estimate of drug-likeness (QED) is 0.618. The van der Waals surface area contributed by atoms with Gasteiger partial charge >= 0.3 is 0 Å². The Hall–Kier alpha value is -1.36. The molecule has 3 heteroatoms. The van der Waals surface area contributed by atoms with Crippen molar-refractivity contribution < 1.29 is 4.79 Å². The summed E-state index contributed by atoms with van der Waals surface area (Å²) in [6, 6.07) is 17.9. The summed E-state index contributed by atoms with van der Waals surface area (Å²) in [4.78, 5) is 12.9. The average molecular weight is 337 g/mol. The molecule has 0 unspecified atom stereocenters. The fourth-order valence-electron chi connectivity index (χ4n) is 1.62. The van der Waals surface area contributed by atoms with Crippen LogP contribution in [0, 0.1) is 3.57 Å². The summed E-state index contributed by atoms with van der Waals surface area (Å²) < 4.78 is 1.13. The van der Waals surface area contributed by atoms with Crippen molar-refractivity contribution in [3.8, 4) is 0 Å². The highest BCUT2D eigenvalue weighted by molar-refractivity contribution is 14.1. The van der Waals surface area contributed by atoms with E-state index in [0.29, 0.717) is 6.54 Å². The Morgan fingerprint density at radius 2 is 1.82 bits per heavy atom. The smallest absolute Gasteiger partial charge is 0.214 e.